The van der Waals surface area contributed by atoms with Crippen LogP contribution in [0.15, 0.2) is 0 Å². The second-order valence-electron chi connectivity index (χ2n) is 6.18. The molecule has 0 heterocycles. The van der Waals surface area contributed by atoms with Gasteiger partial charge in [0.1, 0.15) is 0 Å². The molecule has 0 radical (unpaired) electrons. The molecule has 0 bridgehead atoms. The van der Waals surface area contributed by atoms with E-state index in [4.69, 9.17) is 5.73 Å². The molecular weight excluding hydrogens is 208 g/mol. The van der Waals surface area contributed by atoms with E-state index in [1.165, 1.54) is 57.9 Å². The van der Waals surface area contributed by atoms with E-state index in [1.54, 1.807) is 0 Å². The van der Waals surface area contributed by atoms with Gasteiger partial charge >= 0.3 is 0 Å². The van der Waals surface area contributed by atoms with Gasteiger partial charge in [-0.15, -0.1) is 0 Å². The Morgan fingerprint density at radius 2 is 1.65 bits per heavy atom. The number of nitrogens with two attached hydrogens (primary N) is 1. The van der Waals surface area contributed by atoms with E-state index in [1.807, 2.05) is 0 Å². The summed E-state index contributed by atoms with van der Waals surface area (Å²) in [5, 5.41) is 0. The minimum atomic E-state index is 0.478. The van der Waals surface area contributed by atoms with Crippen molar-refractivity contribution >= 4 is 0 Å². The maximum absolute atomic E-state index is 6.02. The molecule has 0 aromatic heterocycles. The fourth-order valence-electron chi connectivity index (χ4n) is 4.02. The lowest BCUT2D eigenvalue weighted by molar-refractivity contribution is 0.0825. The minimum absolute atomic E-state index is 0.478. The number of hydrogen-bond donors (Lipinski definition) is 1. The lowest BCUT2D eigenvalue weighted by atomic mass is 9.88. The molecule has 2 saturated carbocycles. The van der Waals surface area contributed by atoms with E-state index in [0.717, 1.165) is 18.0 Å². The first-order valence-electron chi connectivity index (χ1n) is 7.73. The largest absolute Gasteiger partial charge is 0.328 e. The van der Waals surface area contributed by atoms with Gasteiger partial charge in [-0.2, -0.15) is 0 Å². The van der Waals surface area contributed by atoms with E-state index in [-0.39, 0.29) is 0 Å². The summed E-state index contributed by atoms with van der Waals surface area (Å²) in [7, 11) is 0. The van der Waals surface area contributed by atoms with Gasteiger partial charge in [0.2, 0.25) is 0 Å². The van der Waals surface area contributed by atoms with Crippen molar-refractivity contribution in [3.63, 3.8) is 0 Å². The van der Waals surface area contributed by atoms with Crippen LogP contribution in [-0.2, 0) is 0 Å². The molecule has 1 unspecified atom stereocenters. The number of rotatable bonds is 4. The Balaban J connectivity index is 1.90. The van der Waals surface area contributed by atoms with Crippen molar-refractivity contribution < 1.29 is 0 Å². The molecule has 0 aliphatic heterocycles. The maximum atomic E-state index is 6.02. The van der Waals surface area contributed by atoms with Gasteiger partial charge in [0.15, 0.2) is 0 Å². The summed E-state index contributed by atoms with van der Waals surface area (Å²) in [4.78, 5) is 2.78. The lowest BCUT2D eigenvalue weighted by Crippen LogP contribution is -2.47. The Bertz CT molecular complexity index is 215. The highest BCUT2D eigenvalue weighted by atomic mass is 15.2. The highest BCUT2D eigenvalue weighted by molar-refractivity contribution is 4.87. The SMILES string of the molecule is CCN(C1CCC(N)CC1)C(C)C1CCCC1. The minimum Gasteiger partial charge on any atom is -0.328 e. The first kappa shape index (κ1) is 13.4. The summed E-state index contributed by atoms with van der Waals surface area (Å²) >= 11 is 0. The second kappa shape index (κ2) is 6.19. The zero-order chi connectivity index (χ0) is 12.3. The first-order valence-corrected chi connectivity index (χ1v) is 7.73. The molecule has 2 nitrogen and oxygen atoms in total. The van der Waals surface area contributed by atoms with Crippen LogP contribution >= 0.6 is 0 Å². The van der Waals surface area contributed by atoms with Crippen molar-refractivity contribution in [3.8, 4) is 0 Å². The highest BCUT2D eigenvalue weighted by Gasteiger charge is 2.31. The van der Waals surface area contributed by atoms with Crippen molar-refractivity contribution in [2.24, 2.45) is 11.7 Å². The Labute approximate surface area is 107 Å². The summed E-state index contributed by atoms with van der Waals surface area (Å²) in [5.74, 6) is 0.963. The third kappa shape index (κ3) is 3.23. The molecule has 2 fully saturated rings. The molecule has 100 valence electrons. The molecule has 2 rings (SSSR count). The van der Waals surface area contributed by atoms with Gasteiger partial charge in [-0.25, -0.2) is 0 Å². The maximum Gasteiger partial charge on any atom is 0.00992 e. The molecule has 2 heteroatoms. The molecule has 2 aliphatic rings. The standard InChI is InChI=1S/C15H30N2/c1-3-17(12(2)13-6-4-5-7-13)15-10-8-14(16)9-11-15/h12-15H,3-11,16H2,1-2H3. The van der Waals surface area contributed by atoms with Gasteiger partial charge in [0.25, 0.3) is 0 Å². The Kier molecular flexibility index (Phi) is 4.87. The van der Waals surface area contributed by atoms with E-state index < -0.39 is 0 Å². The molecule has 17 heavy (non-hydrogen) atoms. The molecule has 2 aliphatic carbocycles. The first-order chi connectivity index (χ1) is 8.22. The zero-order valence-electron chi connectivity index (χ0n) is 11.7. The van der Waals surface area contributed by atoms with Crippen LogP contribution in [0.3, 0.4) is 0 Å². The van der Waals surface area contributed by atoms with Crippen LogP contribution in [0.2, 0.25) is 0 Å². The Morgan fingerprint density at radius 1 is 1.06 bits per heavy atom. The van der Waals surface area contributed by atoms with E-state index in [9.17, 15) is 0 Å². The van der Waals surface area contributed by atoms with Crippen LogP contribution in [0.1, 0.15) is 65.2 Å². The van der Waals surface area contributed by atoms with E-state index in [2.05, 4.69) is 18.7 Å². The number of hydrogen-bond acceptors (Lipinski definition) is 2. The third-order valence-corrected chi connectivity index (χ3v) is 5.18. The highest BCUT2D eigenvalue weighted by Crippen LogP contribution is 2.33. The summed E-state index contributed by atoms with van der Waals surface area (Å²) in [6, 6.07) is 2.09. The molecule has 0 amide bonds. The van der Waals surface area contributed by atoms with Crippen molar-refractivity contribution in [2.75, 3.05) is 6.54 Å². The summed E-state index contributed by atoms with van der Waals surface area (Å²) < 4.78 is 0. The van der Waals surface area contributed by atoms with Gasteiger partial charge in [-0.05, 0) is 57.9 Å². The molecule has 0 aromatic carbocycles. The molecule has 0 saturated heterocycles. The zero-order valence-corrected chi connectivity index (χ0v) is 11.7. The van der Waals surface area contributed by atoms with Crippen LogP contribution in [0.4, 0.5) is 0 Å². The third-order valence-electron chi connectivity index (χ3n) is 5.18. The fraction of sp³-hybridized carbons (Fsp3) is 1.00. The van der Waals surface area contributed by atoms with Gasteiger partial charge < -0.3 is 5.73 Å². The van der Waals surface area contributed by atoms with Crippen molar-refractivity contribution in [1.82, 2.24) is 4.90 Å². The molecule has 0 spiro atoms. The van der Waals surface area contributed by atoms with Crippen molar-refractivity contribution in [2.45, 2.75) is 83.3 Å². The smallest absolute Gasteiger partial charge is 0.00992 e. The average molecular weight is 238 g/mol. The van der Waals surface area contributed by atoms with Crippen LogP contribution in [0.5, 0.6) is 0 Å². The lowest BCUT2D eigenvalue weighted by Gasteiger charge is -2.41. The quantitative estimate of drug-likeness (QED) is 0.815. The fourth-order valence-corrected chi connectivity index (χ4v) is 4.02. The van der Waals surface area contributed by atoms with Gasteiger partial charge in [0.05, 0.1) is 0 Å². The van der Waals surface area contributed by atoms with Crippen molar-refractivity contribution in [3.05, 3.63) is 0 Å². The van der Waals surface area contributed by atoms with Crippen LogP contribution < -0.4 is 5.73 Å². The van der Waals surface area contributed by atoms with Crippen LogP contribution in [-0.4, -0.2) is 29.6 Å². The Hall–Kier alpha value is -0.0800. The predicted molar refractivity (Wildman–Crippen MR) is 74.0 cm³/mol. The summed E-state index contributed by atoms with van der Waals surface area (Å²) in [5.41, 5.74) is 6.02. The van der Waals surface area contributed by atoms with Crippen LogP contribution in [0, 0.1) is 5.92 Å². The summed E-state index contributed by atoms with van der Waals surface area (Å²) in [6.45, 7) is 6.02. The Morgan fingerprint density at radius 3 is 2.18 bits per heavy atom. The molecular formula is C15H30N2. The molecule has 2 N–H and O–H groups in total. The van der Waals surface area contributed by atoms with Crippen molar-refractivity contribution in [1.29, 1.82) is 0 Å². The topological polar surface area (TPSA) is 29.3 Å². The van der Waals surface area contributed by atoms with E-state index >= 15 is 0 Å². The van der Waals surface area contributed by atoms with Gasteiger partial charge in [0, 0.05) is 18.1 Å². The normalized spacial score (nSPS) is 33.2. The monoisotopic (exact) mass is 238 g/mol. The van der Waals surface area contributed by atoms with E-state index in [0.29, 0.717) is 6.04 Å². The predicted octanol–water partition coefficient (Wildman–Crippen LogP) is 3.16. The average Bonchev–Trinajstić information content (AvgIpc) is 2.86. The second-order valence-corrected chi connectivity index (χ2v) is 6.18. The molecule has 0 aromatic rings. The number of nitrogens with zero attached hydrogens (tertiary/aromatic N) is 1. The van der Waals surface area contributed by atoms with Gasteiger partial charge in [-0.3, -0.25) is 4.90 Å². The van der Waals surface area contributed by atoms with Gasteiger partial charge in [-0.1, -0.05) is 19.8 Å². The molecule has 1 atom stereocenters. The summed E-state index contributed by atoms with van der Waals surface area (Å²) in [6.07, 6.45) is 11.0. The van der Waals surface area contributed by atoms with Crippen LogP contribution in [0.25, 0.3) is 0 Å².